The summed E-state index contributed by atoms with van der Waals surface area (Å²) in [4.78, 5) is 11.9. The Morgan fingerprint density at radius 2 is 2.27 bits per heavy atom. The second kappa shape index (κ2) is 4.24. The number of carbonyl (C=O) groups excluding carboxylic acids is 1. The quantitative estimate of drug-likeness (QED) is 0.528. The smallest absolute Gasteiger partial charge is 0.336 e. The van der Waals surface area contributed by atoms with Crippen molar-refractivity contribution >= 4 is 23.1 Å². The lowest BCUT2D eigenvalue weighted by Crippen LogP contribution is -2.22. The van der Waals surface area contributed by atoms with Gasteiger partial charge in [0, 0.05) is 11.3 Å². The van der Waals surface area contributed by atoms with E-state index >= 15 is 0 Å². The highest BCUT2D eigenvalue weighted by molar-refractivity contribution is 7.80. The molecule has 0 radical (unpaired) electrons. The topological polar surface area (TPSA) is 76.1 Å². The first kappa shape index (κ1) is 11.4. The minimum absolute atomic E-state index is 0.176. The Hall–Kier alpha value is -1.67. The van der Waals surface area contributed by atoms with Crippen LogP contribution in [-0.4, -0.2) is 17.9 Å². The molecule has 0 amide bonds. The molecule has 0 atom stereocenters. The number of allylic oxidation sites excluding steroid dienone is 2. The number of rotatable bonds is 1. The van der Waals surface area contributed by atoms with Crippen LogP contribution in [0.15, 0.2) is 22.4 Å². The van der Waals surface area contributed by atoms with Gasteiger partial charge in [0.15, 0.2) is 0 Å². The molecule has 0 spiro atoms. The number of hydrogen-bond donors (Lipinski definition) is 1. The molecule has 0 saturated heterocycles. The minimum atomic E-state index is -0.532. The highest BCUT2D eigenvalue weighted by Gasteiger charge is 2.25. The van der Waals surface area contributed by atoms with Gasteiger partial charge in [-0.05, 0) is 12.5 Å². The number of carbonyl (C=O) groups is 1. The van der Waals surface area contributed by atoms with Crippen molar-refractivity contribution < 1.29 is 9.53 Å². The van der Waals surface area contributed by atoms with Crippen molar-refractivity contribution in [1.82, 2.24) is 0 Å². The van der Waals surface area contributed by atoms with E-state index in [-0.39, 0.29) is 23.3 Å². The van der Waals surface area contributed by atoms with E-state index < -0.39 is 5.97 Å². The van der Waals surface area contributed by atoms with Crippen LogP contribution >= 0.6 is 12.2 Å². The molecular formula is C10H10N2O2S. The van der Waals surface area contributed by atoms with Crippen LogP contribution in [0.2, 0.25) is 0 Å². The van der Waals surface area contributed by atoms with Gasteiger partial charge in [-0.1, -0.05) is 12.2 Å². The van der Waals surface area contributed by atoms with E-state index in [0.717, 1.165) is 0 Å². The summed E-state index contributed by atoms with van der Waals surface area (Å²) in [7, 11) is 1.27. The van der Waals surface area contributed by atoms with E-state index in [1.807, 2.05) is 6.07 Å². The summed E-state index contributed by atoms with van der Waals surface area (Å²) in [5.74, 6) is -0.532. The van der Waals surface area contributed by atoms with E-state index in [1.54, 1.807) is 6.92 Å². The van der Waals surface area contributed by atoms with Gasteiger partial charge < -0.3 is 10.5 Å². The summed E-state index contributed by atoms with van der Waals surface area (Å²) in [6, 6.07) is 1.94. The number of nitrogens with zero attached hydrogens (tertiary/aromatic N) is 1. The molecule has 0 unspecified atom stereocenters. The summed E-state index contributed by atoms with van der Waals surface area (Å²) in [6.45, 7) is 1.72. The Morgan fingerprint density at radius 3 is 2.73 bits per heavy atom. The fourth-order valence-corrected chi connectivity index (χ4v) is 1.58. The van der Waals surface area contributed by atoms with E-state index in [9.17, 15) is 4.79 Å². The van der Waals surface area contributed by atoms with Gasteiger partial charge in [0.05, 0.1) is 24.0 Å². The van der Waals surface area contributed by atoms with E-state index in [1.165, 1.54) is 7.11 Å². The zero-order valence-electron chi connectivity index (χ0n) is 8.46. The molecular weight excluding hydrogens is 212 g/mol. The third-order valence-corrected chi connectivity index (χ3v) is 2.72. The largest absolute Gasteiger partial charge is 0.466 e. The monoisotopic (exact) mass is 222 g/mol. The third kappa shape index (κ3) is 1.90. The zero-order chi connectivity index (χ0) is 11.6. The molecule has 0 aromatic rings. The van der Waals surface area contributed by atoms with Crippen LogP contribution in [0.1, 0.15) is 13.3 Å². The van der Waals surface area contributed by atoms with Gasteiger partial charge in [-0.3, -0.25) is 0 Å². The Morgan fingerprint density at radius 1 is 1.67 bits per heavy atom. The number of thiocarbonyl (C=S) groups is 1. The van der Waals surface area contributed by atoms with Crippen molar-refractivity contribution in [2.45, 2.75) is 13.3 Å². The van der Waals surface area contributed by atoms with Crippen molar-refractivity contribution in [2.24, 2.45) is 5.73 Å². The Kier molecular flexibility index (Phi) is 3.22. The number of ether oxygens (including phenoxy) is 1. The van der Waals surface area contributed by atoms with E-state index in [0.29, 0.717) is 10.4 Å². The zero-order valence-corrected chi connectivity index (χ0v) is 9.27. The van der Waals surface area contributed by atoms with Gasteiger partial charge in [0.2, 0.25) is 0 Å². The molecule has 0 fully saturated rings. The molecule has 0 aromatic heterocycles. The van der Waals surface area contributed by atoms with Crippen LogP contribution in [0.25, 0.3) is 0 Å². The van der Waals surface area contributed by atoms with E-state index in [4.69, 9.17) is 23.2 Å². The summed E-state index contributed by atoms with van der Waals surface area (Å²) >= 11 is 5.06. The van der Waals surface area contributed by atoms with Crippen LogP contribution in [0, 0.1) is 11.3 Å². The number of esters is 1. The maximum atomic E-state index is 11.3. The molecule has 2 N–H and O–H groups in total. The molecule has 4 nitrogen and oxygen atoms in total. The van der Waals surface area contributed by atoms with Gasteiger partial charge in [-0.25, -0.2) is 4.79 Å². The third-order valence-electron chi connectivity index (χ3n) is 2.27. The van der Waals surface area contributed by atoms with Crippen molar-refractivity contribution in [3.8, 4) is 6.07 Å². The molecule has 1 rings (SSSR count). The van der Waals surface area contributed by atoms with Crippen molar-refractivity contribution in [3.63, 3.8) is 0 Å². The summed E-state index contributed by atoms with van der Waals surface area (Å²) < 4.78 is 4.57. The molecule has 0 aromatic carbocycles. The van der Waals surface area contributed by atoms with Gasteiger partial charge in [0.1, 0.15) is 6.07 Å². The highest BCUT2D eigenvalue weighted by Crippen LogP contribution is 2.26. The summed E-state index contributed by atoms with van der Waals surface area (Å²) in [6.07, 6.45) is 0.269. The average Bonchev–Trinajstić information content (AvgIpc) is 2.23. The standard InChI is InChI=1S/C10H10N2O2S/c1-5-7(4-11)9(12)6(3-8(5)15)10(13)14-2/h3,12H2,1-2H3. The Balaban J connectivity index is 3.32. The van der Waals surface area contributed by atoms with Crippen LogP contribution < -0.4 is 5.73 Å². The summed E-state index contributed by atoms with van der Waals surface area (Å²) in [5, 5.41) is 8.89. The Labute approximate surface area is 93.0 Å². The lowest BCUT2D eigenvalue weighted by atomic mass is 9.91. The first-order valence-electron chi connectivity index (χ1n) is 4.24. The van der Waals surface area contributed by atoms with Crippen molar-refractivity contribution in [3.05, 3.63) is 22.4 Å². The number of nitrogens with two attached hydrogens (primary N) is 1. The molecule has 1 aliphatic rings. The average molecular weight is 222 g/mol. The van der Waals surface area contributed by atoms with Crippen LogP contribution in [0.3, 0.4) is 0 Å². The number of hydrogen-bond acceptors (Lipinski definition) is 5. The molecule has 0 aliphatic heterocycles. The molecule has 0 heterocycles. The molecule has 0 saturated carbocycles. The fourth-order valence-electron chi connectivity index (χ4n) is 1.33. The Bertz CT molecular complexity index is 441. The SMILES string of the molecule is COC(=O)C1=C(N)C(C#N)=C(C)C(=S)C1. The van der Waals surface area contributed by atoms with Crippen LogP contribution in [0.5, 0.6) is 0 Å². The van der Waals surface area contributed by atoms with Crippen LogP contribution in [0.4, 0.5) is 0 Å². The maximum absolute atomic E-state index is 11.3. The van der Waals surface area contributed by atoms with Crippen molar-refractivity contribution in [2.75, 3.05) is 7.11 Å². The van der Waals surface area contributed by atoms with Crippen LogP contribution in [-0.2, 0) is 9.53 Å². The van der Waals surface area contributed by atoms with Gasteiger partial charge in [0.25, 0.3) is 0 Å². The molecule has 1 aliphatic carbocycles. The predicted octanol–water partition coefficient (Wildman–Crippen LogP) is 0.986. The molecule has 78 valence electrons. The van der Waals surface area contributed by atoms with Gasteiger partial charge in [-0.15, -0.1) is 0 Å². The maximum Gasteiger partial charge on any atom is 0.336 e. The second-order valence-electron chi connectivity index (χ2n) is 3.10. The lowest BCUT2D eigenvalue weighted by molar-refractivity contribution is -0.136. The molecule has 5 heteroatoms. The van der Waals surface area contributed by atoms with Gasteiger partial charge >= 0.3 is 5.97 Å². The number of nitriles is 1. The van der Waals surface area contributed by atoms with Gasteiger partial charge in [-0.2, -0.15) is 5.26 Å². The first-order chi connectivity index (χ1) is 7.02. The normalized spacial score (nSPS) is 16.5. The highest BCUT2D eigenvalue weighted by atomic mass is 32.1. The lowest BCUT2D eigenvalue weighted by Gasteiger charge is -2.17. The molecule has 15 heavy (non-hydrogen) atoms. The number of methoxy groups -OCH3 is 1. The fraction of sp³-hybridized carbons (Fsp3) is 0.300. The summed E-state index contributed by atoms with van der Waals surface area (Å²) in [5.41, 5.74) is 7.08. The van der Waals surface area contributed by atoms with Crippen molar-refractivity contribution in [1.29, 1.82) is 5.26 Å². The predicted molar refractivity (Wildman–Crippen MR) is 58.8 cm³/mol. The van der Waals surface area contributed by atoms with E-state index in [2.05, 4.69) is 4.74 Å². The molecule has 0 bridgehead atoms. The second-order valence-corrected chi connectivity index (χ2v) is 3.59. The first-order valence-corrected chi connectivity index (χ1v) is 4.65. The minimum Gasteiger partial charge on any atom is -0.466 e.